The molecule has 4 aliphatic rings. The van der Waals surface area contributed by atoms with E-state index in [9.17, 15) is 0 Å². The van der Waals surface area contributed by atoms with Gasteiger partial charge in [-0.15, -0.1) is 0 Å². The maximum atomic E-state index is 7.31. The van der Waals surface area contributed by atoms with E-state index in [2.05, 4.69) is 295 Å². The molecule has 0 aliphatic heterocycles. The third kappa shape index (κ3) is 6.20. The highest BCUT2D eigenvalue weighted by molar-refractivity contribution is 6.22. The van der Waals surface area contributed by atoms with Gasteiger partial charge in [0.05, 0.1) is 11.1 Å². The molecule has 18 rings (SSSR count). The maximum Gasteiger partial charge on any atom is 0.144 e. The van der Waals surface area contributed by atoms with E-state index >= 15 is 0 Å². The van der Waals surface area contributed by atoms with Gasteiger partial charge in [-0.3, -0.25) is 0 Å². The van der Waals surface area contributed by atoms with Crippen LogP contribution in [-0.2, 0) is 21.7 Å². The number of rotatable bonds is 6. The van der Waals surface area contributed by atoms with Crippen molar-refractivity contribution in [3.8, 4) is 55.6 Å². The quantitative estimate of drug-likeness (QED) is 0.166. The molecule has 3 nitrogen and oxygen atoms in total. The summed E-state index contributed by atoms with van der Waals surface area (Å²) in [6, 6.07) is 93.0. The molecule has 0 amide bonds. The Morgan fingerprint density at radius 2 is 0.824 bits per heavy atom. The molecule has 0 saturated heterocycles. The summed E-state index contributed by atoms with van der Waals surface area (Å²) in [6.07, 6.45) is 0. The largest absolute Gasteiger partial charge is 0.456 e. The van der Waals surface area contributed by atoms with Crippen LogP contribution in [0.1, 0.15) is 97.2 Å². The number of hydrogen-bond acceptors (Lipinski definition) is 3. The van der Waals surface area contributed by atoms with Crippen molar-refractivity contribution in [3.05, 3.63) is 304 Å². The molecule has 2 heterocycles. The zero-order valence-corrected chi connectivity index (χ0v) is 48.4. The molecule has 0 N–H and O–H groups in total. The van der Waals surface area contributed by atoms with Crippen LogP contribution in [0.5, 0.6) is 0 Å². The van der Waals surface area contributed by atoms with Gasteiger partial charge in [-0.1, -0.05) is 230 Å². The average Bonchev–Trinajstić information content (AvgIpc) is 1.52. The SMILES string of the molecule is CC1(C)c2cc(N(c3ccc4c(c3)C(C)(C)c3c5c(c6c(oc7ccccc76)c3-4)-c3ccccc3C5(c3ccccc3)c3ccccc3)c3ccccc3-c3ccccc3)ccc2-c2cc3c(cc21)-c1c(ccc2oc4ccccc4c12)C3(C)C. The van der Waals surface area contributed by atoms with Crippen LogP contribution < -0.4 is 4.90 Å². The third-order valence-electron chi connectivity index (χ3n) is 20.5. The molecule has 0 bridgehead atoms. The number of para-hydroxylation sites is 3. The smallest absolute Gasteiger partial charge is 0.144 e. The lowest BCUT2D eigenvalue weighted by atomic mass is 9.63. The van der Waals surface area contributed by atoms with Gasteiger partial charge in [0.25, 0.3) is 0 Å². The summed E-state index contributed by atoms with van der Waals surface area (Å²) in [6.45, 7) is 14.6. The zero-order valence-electron chi connectivity index (χ0n) is 48.4. The van der Waals surface area contributed by atoms with E-state index in [0.717, 1.165) is 44.8 Å². The predicted molar refractivity (Wildman–Crippen MR) is 351 cm³/mol. The highest BCUT2D eigenvalue weighted by atomic mass is 16.3. The molecule has 0 saturated carbocycles. The standard InChI is InChI=1S/C82H59NO2/c1-79(2)62-42-43-70-72(57-32-18-22-36-68(57)84-70)71(62)60-47-65-59(46-66(60)79)54-40-38-51(44-63(54)80(65,3)4)83(67-35-21-17-30-53(67)48-24-10-7-11-25-48)52-39-41-56-64(45-52)81(5,6)76-75(56)78-74(58-33-19-23-37-69(58)85-78)73-55-31-16-20-34-61(55)82(77(73)76,49-26-12-8-13-27-49)50-28-14-9-15-29-50/h7-47H,1-6H3. The molecule has 85 heavy (non-hydrogen) atoms. The van der Waals surface area contributed by atoms with Gasteiger partial charge >= 0.3 is 0 Å². The van der Waals surface area contributed by atoms with Crippen molar-refractivity contribution in [1.29, 1.82) is 0 Å². The lowest BCUT2D eigenvalue weighted by molar-refractivity contribution is 0.630. The van der Waals surface area contributed by atoms with E-state index < -0.39 is 10.8 Å². The monoisotopic (exact) mass is 1090 g/mol. The van der Waals surface area contributed by atoms with Gasteiger partial charge in [-0.2, -0.15) is 0 Å². The first-order valence-electron chi connectivity index (χ1n) is 30.1. The number of anilines is 3. The van der Waals surface area contributed by atoms with Gasteiger partial charge in [0.1, 0.15) is 22.3 Å². The van der Waals surface area contributed by atoms with Gasteiger partial charge in [0, 0.05) is 60.3 Å². The zero-order chi connectivity index (χ0) is 56.9. The topological polar surface area (TPSA) is 29.5 Å². The van der Waals surface area contributed by atoms with Crippen molar-refractivity contribution < 1.29 is 8.83 Å². The Morgan fingerprint density at radius 1 is 0.306 bits per heavy atom. The van der Waals surface area contributed by atoms with E-state index in [1.54, 1.807) is 0 Å². The van der Waals surface area contributed by atoms with Crippen molar-refractivity contribution in [3.63, 3.8) is 0 Å². The van der Waals surface area contributed by atoms with Crippen LogP contribution >= 0.6 is 0 Å². The maximum absolute atomic E-state index is 7.31. The summed E-state index contributed by atoms with van der Waals surface area (Å²) in [5.41, 5.74) is 31.0. The summed E-state index contributed by atoms with van der Waals surface area (Å²) >= 11 is 0. The molecule has 0 fully saturated rings. The summed E-state index contributed by atoms with van der Waals surface area (Å²) < 4.78 is 13.8. The number of fused-ring (bicyclic) bond motifs is 22. The van der Waals surface area contributed by atoms with E-state index in [0.29, 0.717) is 0 Å². The normalized spacial score (nSPS) is 15.6. The van der Waals surface area contributed by atoms with Crippen LogP contribution in [0.2, 0.25) is 0 Å². The second kappa shape index (κ2) is 16.9. The van der Waals surface area contributed by atoms with E-state index in [4.69, 9.17) is 8.83 Å². The second-order valence-corrected chi connectivity index (χ2v) is 25.8. The Bertz CT molecular complexity index is 5170. The Morgan fingerprint density at radius 3 is 1.53 bits per heavy atom. The van der Waals surface area contributed by atoms with Crippen molar-refractivity contribution in [1.82, 2.24) is 0 Å². The Balaban J connectivity index is 0.866. The highest BCUT2D eigenvalue weighted by Crippen LogP contribution is 2.67. The molecular weight excluding hydrogens is 1030 g/mol. The first-order chi connectivity index (χ1) is 41.5. The molecule has 0 spiro atoms. The summed E-state index contributed by atoms with van der Waals surface area (Å²) in [5.74, 6) is 0. The highest BCUT2D eigenvalue weighted by Gasteiger charge is 2.54. The number of furan rings is 2. The third-order valence-corrected chi connectivity index (χ3v) is 20.5. The average molecular weight is 1090 g/mol. The molecule has 4 aliphatic carbocycles. The first-order valence-corrected chi connectivity index (χ1v) is 30.1. The molecule has 0 atom stereocenters. The number of nitrogens with zero attached hydrogens (tertiary/aromatic N) is 1. The Labute approximate surface area is 495 Å². The van der Waals surface area contributed by atoms with Crippen LogP contribution in [0.15, 0.2) is 258 Å². The predicted octanol–water partition coefficient (Wildman–Crippen LogP) is 21.9. The van der Waals surface area contributed by atoms with Crippen LogP contribution in [0.3, 0.4) is 0 Å². The molecule has 14 aromatic rings. The summed E-state index contributed by atoms with van der Waals surface area (Å²) in [4.78, 5) is 2.54. The van der Waals surface area contributed by atoms with Gasteiger partial charge < -0.3 is 13.7 Å². The van der Waals surface area contributed by atoms with Gasteiger partial charge in [0.2, 0.25) is 0 Å². The second-order valence-electron chi connectivity index (χ2n) is 25.8. The van der Waals surface area contributed by atoms with Crippen molar-refractivity contribution >= 4 is 60.9 Å². The summed E-state index contributed by atoms with van der Waals surface area (Å²) in [7, 11) is 0. The van der Waals surface area contributed by atoms with Crippen molar-refractivity contribution in [2.75, 3.05) is 4.90 Å². The molecule has 3 heteroatoms. The van der Waals surface area contributed by atoms with Gasteiger partial charge in [0.15, 0.2) is 0 Å². The molecule has 404 valence electrons. The molecule has 12 aromatic carbocycles. The van der Waals surface area contributed by atoms with Gasteiger partial charge in [-0.05, 0) is 161 Å². The van der Waals surface area contributed by atoms with Gasteiger partial charge in [-0.25, -0.2) is 0 Å². The fourth-order valence-corrected chi connectivity index (χ4v) is 16.7. The van der Waals surface area contributed by atoms with Crippen LogP contribution in [0.25, 0.3) is 99.5 Å². The number of hydrogen-bond donors (Lipinski definition) is 0. The fraction of sp³-hybridized carbons (Fsp3) is 0.122. The minimum absolute atomic E-state index is 0.205. The molecule has 2 aromatic heterocycles. The minimum Gasteiger partial charge on any atom is -0.456 e. The van der Waals surface area contributed by atoms with E-state index in [-0.39, 0.29) is 10.8 Å². The Hall–Kier alpha value is -9.96. The fourth-order valence-electron chi connectivity index (χ4n) is 16.7. The van der Waals surface area contributed by atoms with Crippen LogP contribution in [-0.4, -0.2) is 0 Å². The van der Waals surface area contributed by atoms with Crippen molar-refractivity contribution in [2.24, 2.45) is 0 Å². The molecule has 0 radical (unpaired) electrons. The van der Waals surface area contributed by atoms with E-state index in [1.165, 1.54) is 127 Å². The minimum atomic E-state index is -0.637. The lowest BCUT2D eigenvalue weighted by Crippen LogP contribution is -2.32. The van der Waals surface area contributed by atoms with Crippen LogP contribution in [0.4, 0.5) is 17.1 Å². The number of benzene rings is 12. The molecular formula is C82H59NO2. The molecule has 0 unspecified atom stereocenters. The lowest BCUT2D eigenvalue weighted by Gasteiger charge is -2.38. The summed E-state index contributed by atoms with van der Waals surface area (Å²) in [5, 5.41) is 4.70. The Kier molecular flexibility index (Phi) is 9.63. The van der Waals surface area contributed by atoms with Crippen LogP contribution in [0, 0.1) is 0 Å². The van der Waals surface area contributed by atoms with E-state index in [1.807, 2.05) is 0 Å². The van der Waals surface area contributed by atoms with Crippen molar-refractivity contribution in [2.45, 2.75) is 63.2 Å². The first kappa shape index (κ1) is 48.6.